The molecule has 21 heavy (non-hydrogen) atoms. The van der Waals surface area contributed by atoms with Crippen LogP contribution in [0.3, 0.4) is 0 Å². The molecular weight excluding hydrogens is 276 g/mol. The van der Waals surface area contributed by atoms with Crippen molar-refractivity contribution < 1.29 is 24.2 Å². The number of alkyl carbamates (subject to hydrolysis) is 1. The van der Waals surface area contributed by atoms with Crippen molar-refractivity contribution >= 4 is 12.2 Å². The monoisotopic (exact) mass is 300 g/mol. The fourth-order valence-electron chi connectivity index (χ4n) is 2.69. The van der Waals surface area contributed by atoms with Gasteiger partial charge < -0.3 is 24.8 Å². The van der Waals surface area contributed by atoms with Crippen molar-refractivity contribution in [2.24, 2.45) is 0 Å². The quantitative estimate of drug-likeness (QED) is 0.819. The van der Waals surface area contributed by atoms with Gasteiger partial charge in [-0.2, -0.15) is 0 Å². The van der Waals surface area contributed by atoms with Gasteiger partial charge in [-0.1, -0.05) is 0 Å². The van der Waals surface area contributed by atoms with Gasteiger partial charge in [-0.05, 0) is 40.0 Å². The predicted molar refractivity (Wildman–Crippen MR) is 74.9 cm³/mol. The van der Waals surface area contributed by atoms with Crippen LogP contribution in [0, 0.1) is 0 Å². The molecule has 2 saturated heterocycles. The maximum Gasteiger partial charge on any atom is 0.410 e. The van der Waals surface area contributed by atoms with Gasteiger partial charge in [0.25, 0.3) is 0 Å². The molecule has 0 aromatic rings. The molecule has 0 bridgehead atoms. The average molecular weight is 300 g/mol. The molecule has 2 amide bonds. The first-order valence-electron chi connectivity index (χ1n) is 7.37. The average Bonchev–Trinajstić information content (AvgIpc) is 2.91. The number of carbonyl (C=O) groups excluding carboxylic acids is 2. The highest BCUT2D eigenvalue weighted by atomic mass is 16.6. The molecule has 0 unspecified atom stereocenters. The lowest BCUT2D eigenvalue weighted by atomic mass is 10.0. The van der Waals surface area contributed by atoms with E-state index in [0.29, 0.717) is 32.4 Å². The van der Waals surface area contributed by atoms with E-state index in [1.165, 1.54) is 0 Å². The summed E-state index contributed by atoms with van der Waals surface area (Å²) in [4.78, 5) is 24.7. The van der Waals surface area contributed by atoms with Crippen molar-refractivity contribution in [1.82, 2.24) is 10.2 Å². The van der Waals surface area contributed by atoms with E-state index in [-0.39, 0.29) is 12.1 Å². The summed E-state index contributed by atoms with van der Waals surface area (Å²) in [6.07, 6.45) is 0.473. The molecule has 2 fully saturated rings. The largest absolute Gasteiger partial charge is 0.447 e. The molecule has 2 N–H and O–H groups in total. The number of carbonyl (C=O) groups is 2. The number of cyclic esters (lactones) is 1. The van der Waals surface area contributed by atoms with E-state index in [2.05, 4.69) is 5.32 Å². The van der Waals surface area contributed by atoms with E-state index in [9.17, 15) is 14.7 Å². The summed E-state index contributed by atoms with van der Waals surface area (Å²) in [6.45, 7) is 6.29. The Balaban J connectivity index is 1.89. The molecule has 2 heterocycles. The Morgan fingerprint density at radius 3 is 2.76 bits per heavy atom. The molecule has 0 aliphatic carbocycles. The summed E-state index contributed by atoms with van der Waals surface area (Å²) in [5.74, 6) is 0. The zero-order valence-corrected chi connectivity index (χ0v) is 12.8. The highest BCUT2D eigenvalue weighted by Crippen LogP contribution is 2.25. The summed E-state index contributed by atoms with van der Waals surface area (Å²) >= 11 is 0. The Labute approximate surface area is 124 Å². The minimum Gasteiger partial charge on any atom is -0.447 e. The third-order valence-electron chi connectivity index (χ3n) is 3.69. The van der Waals surface area contributed by atoms with Crippen molar-refractivity contribution in [2.45, 2.75) is 63.8 Å². The topological polar surface area (TPSA) is 88.1 Å². The first-order valence-corrected chi connectivity index (χ1v) is 7.37. The maximum absolute atomic E-state index is 12.2. The number of amides is 2. The van der Waals surface area contributed by atoms with Gasteiger partial charge in [0.15, 0.2) is 0 Å². The Morgan fingerprint density at radius 1 is 1.48 bits per heavy atom. The molecule has 2 aliphatic heterocycles. The van der Waals surface area contributed by atoms with E-state index in [4.69, 9.17) is 9.47 Å². The summed E-state index contributed by atoms with van der Waals surface area (Å²) < 4.78 is 10.2. The molecule has 0 aromatic carbocycles. The number of likely N-dealkylation sites (tertiary alicyclic amines) is 1. The van der Waals surface area contributed by atoms with Crippen LogP contribution in [0.1, 0.15) is 40.0 Å². The van der Waals surface area contributed by atoms with Crippen molar-refractivity contribution in [3.63, 3.8) is 0 Å². The minimum absolute atomic E-state index is 0.0502. The maximum atomic E-state index is 12.2. The Hall–Kier alpha value is -1.50. The number of aliphatic hydroxyl groups is 1. The van der Waals surface area contributed by atoms with Gasteiger partial charge in [0.1, 0.15) is 12.2 Å². The van der Waals surface area contributed by atoms with E-state index < -0.39 is 23.9 Å². The van der Waals surface area contributed by atoms with Gasteiger partial charge in [0.05, 0.1) is 18.2 Å². The Kier molecular flexibility index (Phi) is 4.61. The smallest absolute Gasteiger partial charge is 0.410 e. The predicted octanol–water partition coefficient (Wildman–Crippen LogP) is 1.25. The van der Waals surface area contributed by atoms with Crippen LogP contribution in [0.25, 0.3) is 0 Å². The number of hydrogen-bond acceptors (Lipinski definition) is 5. The summed E-state index contributed by atoms with van der Waals surface area (Å²) in [5, 5.41) is 12.8. The number of nitrogens with zero attached hydrogens (tertiary/aromatic N) is 1. The standard InChI is InChI=1S/C14H24N2O5/c1-14(2,3)21-13(19)16-7-6-11(17)10(16)5-4-9-8-20-12(18)15-9/h9-11,17H,4-8H2,1-3H3,(H,15,18)/t9-,10-,11-/m0/s1. The first kappa shape index (κ1) is 15.9. The lowest BCUT2D eigenvalue weighted by Gasteiger charge is -2.29. The summed E-state index contributed by atoms with van der Waals surface area (Å²) in [6, 6.07) is -0.317. The molecule has 0 radical (unpaired) electrons. The molecule has 0 aromatic heterocycles. The molecular formula is C14H24N2O5. The second-order valence-corrected chi connectivity index (χ2v) is 6.61. The van der Waals surface area contributed by atoms with Crippen LogP contribution >= 0.6 is 0 Å². The van der Waals surface area contributed by atoms with Crippen LogP contribution < -0.4 is 5.32 Å². The summed E-state index contributed by atoms with van der Waals surface area (Å²) in [5.41, 5.74) is -0.553. The third-order valence-corrected chi connectivity index (χ3v) is 3.69. The van der Waals surface area contributed by atoms with Crippen LogP contribution in [0.15, 0.2) is 0 Å². The second kappa shape index (κ2) is 6.09. The van der Waals surface area contributed by atoms with Crippen molar-refractivity contribution in [3.8, 4) is 0 Å². The van der Waals surface area contributed by atoms with Crippen LogP contribution in [0.4, 0.5) is 9.59 Å². The molecule has 2 rings (SSSR count). The van der Waals surface area contributed by atoms with Crippen LogP contribution in [-0.2, 0) is 9.47 Å². The minimum atomic E-state index is -0.553. The SMILES string of the molecule is CC(C)(C)OC(=O)N1CC[C@H](O)[C@@H]1CC[C@H]1COC(=O)N1. The van der Waals surface area contributed by atoms with Crippen molar-refractivity contribution in [3.05, 3.63) is 0 Å². The van der Waals surface area contributed by atoms with Gasteiger partial charge in [-0.25, -0.2) is 9.59 Å². The first-order chi connectivity index (χ1) is 9.76. The number of hydrogen-bond donors (Lipinski definition) is 2. The van der Waals surface area contributed by atoms with Crippen LogP contribution in [0.2, 0.25) is 0 Å². The highest BCUT2D eigenvalue weighted by Gasteiger charge is 2.38. The molecule has 0 saturated carbocycles. The number of nitrogens with one attached hydrogen (secondary N) is 1. The zero-order chi connectivity index (χ0) is 15.6. The summed E-state index contributed by atoms with van der Waals surface area (Å²) in [7, 11) is 0. The Bertz CT molecular complexity index is 407. The Morgan fingerprint density at radius 2 is 2.19 bits per heavy atom. The fraction of sp³-hybridized carbons (Fsp3) is 0.857. The lowest BCUT2D eigenvalue weighted by Crippen LogP contribution is -2.43. The molecule has 2 aliphatic rings. The van der Waals surface area contributed by atoms with E-state index in [1.807, 2.05) is 20.8 Å². The zero-order valence-electron chi connectivity index (χ0n) is 12.8. The molecule has 120 valence electrons. The third kappa shape index (κ3) is 4.23. The van der Waals surface area contributed by atoms with Gasteiger partial charge in [0, 0.05) is 6.54 Å². The fourth-order valence-corrected chi connectivity index (χ4v) is 2.69. The van der Waals surface area contributed by atoms with Crippen molar-refractivity contribution in [2.75, 3.05) is 13.2 Å². The van der Waals surface area contributed by atoms with Crippen molar-refractivity contribution in [1.29, 1.82) is 0 Å². The highest BCUT2D eigenvalue weighted by molar-refractivity contribution is 5.70. The molecule has 7 nitrogen and oxygen atoms in total. The normalized spacial score (nSPS) is 29.2. The lowest BCUT2D eigenvalue weighted by molar-refractivity contribution is 0.0139. The second-order valence-electron chi connectivity index (χ2n) is 6.61. The van der Waals surface area contributed by atoms with E-state index in [0.717, 1.165) is 0 Å². The van der Waals surface area contributed by atoms with Gasteiger partial charge in [0.2, 0.25) is 0 Å². The van der Waals surface area contributed by atoms with Gasteiger partial charge >= 0.3 is 12.2 Å². The van der Waals surface area contributed by atoms with Crippen LogP contribution in [-0.4, -0.2) is 59.1 Å². The molecule has 0 spiro atoms. The molecule has 3 atom stereocenters. The van der Waals surface area contributed by atoms with Gasteiger partial charge in [-0.3, -0.25) is 0 Å². The number of ether oxygens (including phenoxy) is 2. The number of rotatable bonds is 3. The number of aliphatic hydroxyl groups excluding tert-OH is 1. The van der Waals surface area contributed by atoms with E-state index in [1.54, 1.807) is 4.90 Å². The van der Waals surface area contributed by atoms with E-state index >= 15 is 0 Å². The van der Waals surface area contributed by atoms with Gasteiger partial charge in [-0.15, -0.1) is 0 Å². The van der Waals surface area contributed by atoms with Crippen LogP contribution in [0.5, 0.6) is 0 Å². The molecule has 7 heteroatoms.